The Morgan fingerprint density at radius 2 is 0.922 bits per heavy atom. The monoisotopic (exact) mass is 819 g/mol. The van der Waals surface area contributed by atoms with E-state index in [-0.39, 0.29) is 5.41 Å². The van der Waals surface area contributed by atoms with Gasteiger partial charge in [-0.25, -0.2) is 0 Å². The first kappa shape index (κ1) is 37.6. The predicted molar refractivity (Wildman–Crippen MR) is 271 cm³/mol. The summed E-state index contributed by atoms with van der Waals surface area (Å²) in [6.45, 7) is 4.70. The highest BCUT2D eigenvalue weighted by molar-refractivity contribution is 6.18. The van der Waals surface area contributed by atoms with E-state index in [1.807, 2.05) is 0 Å². The van der Waals surface area contributed by atoms with E-state index in [1.165, 1.54) is 49.3 Å². The van der Waals surface area contributed by atoms with Crippen molar-refractivity contribution >= 4 is 66.7 Å². The van der Waals surface area contributed by atoms with Gasteiger partial charge in [0.1, 0.15) is 0 Å². The van der Waals surface area contributed by atoms with E-state index in [4.69, 9.17) is 0 Å². The fourth-order valence-corrected chi connectivity index (χ4v) is 10.3. The van der Waals surface area contributed by atoms with E-state index < -0.39 is 0 Å². The first-order valence-corrected chi connectivity index (χ1v) is 22.2. The van der Waals surface area contributed by atoms with E-state index in [0.717, 1.165) is 56.5 Å². The number of para-hydroxylation sites is 4. The van der Waals surface area contributed by atoms with Gasteiger partial charge in [-0.2, -0.15) is 0 Å². The van der Waals surface area contributed by atoms with Crippen molar-refractivity contribution < 1.29 is 0 Å². The van der Waals surface area contributed by atoms with Crippen molar-refractivity contribution in [1.82, 2.24) is 4.57 Å². The lowest BCUT2D eigenvalue weighted by atomic mass is 9.82. The van der Waals surface area contributed by atoms with E-state index in [0.29, 0.717) is 0 Å². The quantitative estimate of drug-likeness (QED) is 0.151. The third kappa shape index (κ3) is 6.12. The summed E-state index contributed by atoms with van der Waals surface area (Å²) in [5.41, 5.74) is 17.7. The van der Waals surface area contributed by atoms with Gasteiger partial charge < -0.3 is 14.4 Å². The van der Waals surface area contributed by atoms with Crippen molar-refractivity contribution in [2.75, 3.05) is 9.80 Å². The molecule has 0 bridgehead atoms. The molecule has 0 saturated heterocycles. The maximum atomic E-state index is 2.46. The van der Waals surface area contributed by atoms with Crippen LogP contribution in [0.15, 0.2) is 237 Å². The number of anilines is 6. The van der Waals surface area contributed by atoms with Crippen LogP contribution in [0.1, 0.15) is 25.0 Å². The molecule has 12 rings (SSSR count). The molecule has 1 heterocycles. The molecular formula is C61H45N3. The number of aromatic nitrogens is 1. The molecule has 0 atom stereocenters. The Morgan fingerprint density at radius 1 is 0.359 bits per heavy atom. The summed E-state index contributed by atoms with van der Waals surface area (Å²) in [6, 6.07) is 86.4. The minimum Gasteiger partial charge on any atom is -0.310 e. The summed E-state index contributed by atoms with van der Waals surface area (Å²) in [4.78, 5) is 4.81. The number of hydrogen-bond donors (Lipinski definition) is 0. The third-order valence-electron chi connectivity index (χ3n) is 13.3. The maximum absolute atomic E-state index is 2.46. The van der Waals surface area contributed by atoms with E-state index in [1.54, 1.807) is 0 Å². The SMILES string of the molecule is CC1(C)c2ccccc2-c2ccc(N(c3ccccc3)c3ccc(-c4cc(N(c5ccccc5)c5ccccc5)c5c6ccccc6n(-c6ccc7ccccc7c6)c5c4)cc3)cc21. The molecule has 0 unspecified atom stereocenters. The topological polar surface area (TPSA) is 11.4 Å². The standard InChI is InChI=1S/C61H45N3/c1-61(2)55-28-16-14-26-52(55)53-37-36-51(41-56(53)61)62(46-20-6-3-7-21-46)49-33-30-43(31-34-49)45-39-58(63(47-22-8-4-9-23-47)48-24-10-5-11-25-48)60-54-27-15-17-29-57(54)64(59(60)40-45)50-35-32-42-18-12-13-19-44(42)38-50/h3-41H,1-2H3. The number of hydrogen-bond acceptors (Lipinski definition) is 2. The molecule has 1 aromatic heterocycles. The Hall–Kier alpha value is -8.14. The zero-order valence-electron chi connectivity index (χ0n) is 35.9. The minimum absolute atomic E-state index is 0.104. The third-order valence-corrected chi connectivity index (χ3v) is 13.3. The van der Waals surface area contributed by atoms with Crippen LogP contribution in [-0.4, -0.2) is 4.57 Å². The van der Waals surface area contributed by atoms with Gasteiger partial charge in [-0.1, -0.05) is 159 Å². The van der Waals surface area contributed by atoms with Crippen LogP contribution >= 0.6 is 0 Å². The van der Waals surface area contributed by atoms with E-state index in [9.17, 15) is 0 Å². The molecule has 0 N–H and O–H groups in total. The molecule has 10 aromatic carbocycles. The van der Waals surface area contributed by atoms with Gasteiger partial charge in [0, 0.05) is 50.3 Å². The zero-order chi connectivity index (χ0) is 42.8. The van der Waals surface area contributed by atoms with Crippen molar-refractivity contribution in [1.29, 1.82) is 0 Å². The van der Waals surface area contributed by atoms with E-state index >= 15 is 0 Å². The summed E-state index contributed by atoms with van der Waals surface area (Å²) < 4.78 is 2.46. The molecule has 0 aliphatic heterocycles. The van der Waals surface area contributed by atoms with Gasteiger partial charge in [0.15, 0.2) is 0 Å². The zero-order valence-corrected chi connectivity index (χ0v) is 35.9. The van der Waals surface area contributed by atoms with Crippen LogP contribution in [0.25, 0.3) is 60.5 Å². The van der Waals surface area contributed by atoms with Gasteiger partial charge in [0.2, 0.25) is 0 Å². The van der Waals surface area contributed by atoms with Crippen LogP contribution < -0.4 is 9.80 Å². The van der Waals surface area contributed by atoms with Gasteiger partial charge in [0.05, 0.1) is 16.7 Å². The number of fused-ring (bicyclic) bond motifs is 7. The van der Waals surface area contributed by atoms with Crippen molar-refractivity contribution in [2.24, 2.45) is 0 Å². The van der Waals surface area contributed by atoms with Gasteiger partial charge in [-0.05, 0) is 135 Å². The second-order valence-corrected chi connectivity index (χ2v) is 17.4. The summed E-state index contributed by atoms with van der Waals surface area (Å²) in [6.07, 6.45) is 0. The van der Waals surface area contributed by atoms with Crippen LogP contribution in [-0.2, 0) is 5.41 Å². The van der Waals surface area contributed by atoms with Crippen LogP contribution in [0.3, 0.4) is 0 Å². The normalized spacial score (nSPS) is 12.7. The summed E-state index contributed by atoms with van der Waals surface area (Å²) in [5, 5.41) is 4.85. The number of rotatable bonds is 8. The van der Waals surface area contributed by atoms with Gasteiger partial charge in [0.25, 0.3) is 0 Å². The Labute approximate surface area is 374 Å². The Bertz CT molecular complexity index is 3470. The average molecular weight is 820 g/mol. The highest BCUT2D eigenvalue weighted by Gasteiger charge is 2.35. The van der Waals surface area contributed by atoms with Crippen molar-refractivity contribution in [3.8, 4) is 27.9 Å². The Balaban J connectivity index is 1.06. The molecule has 3 nitrogen and oxygen atoms in total. The highest BCUT2D eigenvalue weighted by atomic mass is 15.2. The molecule has 0 saturated carbocycles. The van der Waals surface area contributed by atoms with Gasteiger partial charge >= 0.3 is 0 Å². The molecule has 0 fully saturated rings. The lowest BCUT2D eigenvalue weighted by Gasteiger charge is -2.28. The van der Waals surface area contributed by atoms with Crippen LogP contribution in [0.4, 0.5) is 34.1 Å². The molecule has 3 heteroatoms. The lowest BCUT2D eigenvalue weighted by molar-refractivity contribution is 0.660. The predicted octanol–water partition coefficient (Wildman–Crippen LogP) is 16.8. The molecule has 1 aliphatic rings. The van der Waals surface area contributed by atoms with Crippen molar-refractivity contribution in [3.05, 3.63) is 248 Å². The minimum atomic E-state index is -0.104. The fraction of sp³-hybridized carbons (Fsp3) is 0.0492. The fourth-order valence-electron chi connectivity index (χ4n) is 10.3. The van der Waals surface area contributed by atoms with Crippen LogP contribution in [0.5, 0.6) is 0 Å². The number of benzene rings is 10. The highest BCUT2D eigenvalue weighted by Crippen LogP contribution is 2.51. The van der Waals surface area contributed by atoms with Crippen LogP contribution in [0, 0.1) is 0 Å². The molecular weight excluding hydrogens is 775 g/mol. The Kier molecular flexibility index (Phi) is 8.84. The van der Waals surface area contributed by atoms with Gasteiger partial charge in [-0.3, -0.25) is 0 Å². The maximum Gasteiger partial charge on any atom is 0.0568 e. The first-order valence-electron chi connectivity index (χ1n) is 22.2. The molecule has 304 valence electrons. The summed E-state index contributed by atoms with van der Waals surface area (Å²) in [7, 11) is 0. The lowest BCUT2D eigenvalue weighted by Crippen LogP contribution is -2.16. The molecule has 1 aliphatic carbocycles. The second-order valence-electron chi connectivity index (χ2n) is 17.4. The number of nitrogens with zero attached hydrogens (tertiary/aromatic N) is 3. The largest absolute Gasteiger partial charge is 0.310 e. The molecule has 0 amide bonds. The summed E-state index contributed by atoms with van der Waals surface area (Å²) in [5.74, 6) is 0. The van der Waals surface area contributed by atoms with Crippen molar-refractivity contribution in [2.45, 2.75) is 19.3 Å². The van der Waals surface area contributed by atoms with E-state index in [2.05, 4.69) is 265 Å². The molecule has 64 heavy (non-hydrogen) atoms. The van der Waals surface area contributed by atoms with Gasteiger partial charge in [-0.15, -0.1) is 0 Å². The molecule has 11 aromatic rings. The first-order chi connectivity index (χ1) is 31.5. The Morgan fingerprint density at radius 3 is 1.64 bits per heavy atom. The molecule has 0 spiro atoms. The smallest absolute Gasteiger partial charge is 0.0568 e. The summed E-state index contributed by atoms with van der Waals surface area (Å²) >= 11 is 0. The second kappa shape index (κ2) is 15.0. The van der Waals surface area contributed by atoms with Crippen LogP contribution in [0.2, 0.25) is 0 Å². The molecule has 0 radical (unpaired) electrons. The van der Waals surface area contributed by atoms with Crippen molar-refractivity contribution in [3.63, 3.8) is 0 Å². The average Bonchev–Trinajstić information content (AvgIpc) is 3.81.